The minimum absolute atomic E-state index is 0.0495. The molecule has 1 fully saturated rings. The number of aryl methyl sites for hydroxylation is 2. The van der Waals surface area contributed by atoms with Crippen molar-refractivity contribution in [2.75, 3.05) is 0 Å². The zero-order valence-electron chi connectivity index (χ0n) is 16.2. The SMILES string of the molecule is C=CC1CCC(c2ccc(Oc3c(C)cc(P(=O)(O)O)cc3C)cc2F)CC1. The highest BCUT2D eigenvalue weighted by Gasteiger charge is 2.24. The third kappa shape index (κ3) is 4.54. The molecular formula is C22H26FO4P. The van der Waals surface area contributed by atoms with E-state index in [4.69, 9.17) is 4.74 Å². The molecule has 0 aliphatic heterocycles. The van der Waals surface area contributed by atoms with E-state index in [1.54, 1.807) is 26.0 Å². The summed E-state index contributed by atoms with van der Waals surface area (Å²) in [5.41, 5.74) is 1.90. The lowest BCUT2D eigenvalue weighted by atomic mass is 9.78. The highest BCUT2D eigenvalue weighted by molar-refractivity contribution is 7.60. The average molecular weight is 404 g/mol. The molecule has 0 heterocycles. The second kappa shape index (κ2) is 8.20. The molecule has 0 bridgehead atoms. The standard InChI is InChI=1S/C22H26FO4P/c1-4-16-5-7-17(8-6-16)20-10-9-18(13-21(20)23)27-22-14(2)11-19(12-15(22)3)28(24,25)26/h4,9-13,16-17H,1,5-8H2,2-3H3,(H2,24,25,26). The molecule has 2 N–H and O–H groups in total. The van der Waals surface area contributed by atoms with Crippen LogP contribution in [0, 0.1) is 25.6 Å². The molecule has 0 radical (unpaired) electrons. The first-order valence-electron chi connectivity index (χ1n) is 9.46. The third-order valence-electron chi connectivity index (χ3n) is 5.52. The van der Waals surface area contributed by atoms with Crippen LogP contribution in [0.25, 0.3) is 0 Å². The van der Waals surface area contributed by atoms with E-state index in [0.29, 0.717) is 28.5 Å². The summed E-state index contributed by atoms with van der Waals surface area (Å²) in [6, 6.07) is 7.76. The number of hydrogen-bond donors (Lipinski definition) is 2. The highest BCUT2D eigenvalue weighted by Crippen LogP contribution is 2.40. The van der Waals surface area contributed by atoms with Gasteiger partial charge in [-0.15, -0.1) is 6.58 Å². The zero-order chi connectivity index (χ0) is 20.5. The van der Waals surface area contributed by atoms with Crippen LogP contribution in [0.1, 0.15) is 48.3 Å². The second-order valence-electron chi connectivity index (χ2n) is 7.59. The van der Waals surface area contributed by atoms with Crippen molar-refractivity contribution in [3.8, 4) is 11.5 Å². The van der Waals surface area contributed by atoms with E-state index in [1.165, 1.54) is 18.2 Å². The summed E-state index contributed by atoms with van der Waals surface area (Å²) in [5, 5.41) is -0.0495. The van der Waals surface area contributed by atoms with Gasteiger partial charge < -0.3 is 14.5 Å². The minimum Gasteiger partial charge on any atom is -0.457 e. The first-order valence-corrected chi connectivity index (χ1v) is 11.1. The van der Waals surface area contributed by atoms with Crippen LogP contribution in [0.15, 0.2) is 43.0 Å². The van der Waals surface area contributed by atoms with E-state index >= 15 is 0 Å². The Labute approximate surface area is 165 Å². The van der Waals surface area contributed by atoms with Gasteiger partial charge in [-0.05, 0) is 86.3 Å². The van der Waals surface area contributed by atoms with Gasteiger partial charge in [0, 0.05) is 6.07 Å². The monoisotopic (exact) mass is 404 g/mol. The van der Waals surface area contributed by atoms with Crippen LogP contribution in [-0.2, 0) is 4.57 Å². The fourth-order valence-electron chi connectivity index (χ4n) is 3.94. The molecule has 2 aromatic rings. The first-order chi connectivity index (χ1) is 13.2. The number of benzene rings is 2. The van der Waals surface area contributed by atoms with E-state index in [1.807, 2.05) is 6.08 Å². The number of halogens is 1. The van der Waals surface area contributed by atoms with Gasteiger partial charge in [-0.3, -0.25) is 4.57 Å². The van der Waals surface area contributed by atoms with Crippen LogP contribution in [0.2, 0.25) is 0 Å². The van der Waals surface area contributed by atoms with E-state index < -0.39 is 7.60 Å². The third-order valence-corrected chi connectivity index (χ3v) is 6.45. The van der Waals surface area contributed by atoms with Gasteiger partial charge in [0.15, 0.2) is 0 Å². The maximum absolute atomic E-state index is 14.7. The fourth-order valence-corrected chi connectivity index (χ4v) is 4.67. The largest absolute Gasteiger partial charge is 0.457 e. The molecule has 0 unspecified atom stereocenters. The van der Waals surface area contributed by atoms with Gasteiger partial charge in [0.05, 0.1) is 5.30 Å². The number of ether oxygens (including phenoxy) is 1. The van der Waals surface area contributed by atoms with Crippen molar-refractivity contribution < 1.29 is 23.5 Å². The van der Waals surface area contributed by atoms with Crippen LogP contribution in [-0.4, -0.2) is 9.79 Å². The van der Waals surface area contributed by atoms with Crippen LogP contribution in [0.5, 0.6) is 11.5 Å². The molecule has 1 aliphatic rings. The molecule has 0 atom stereocenters. The fraction of sp³-hybridized carbons (Fsp3) is 0.364. The highest BCUT2D eigenvalue weighted by atomic mass is 31.2. The summed E-state index contributed by atoms with van der Waals surface area (Å²) < 4.78 is 32.1. The molecule has 1 aliphatic carbocycles. The maximum Gasteiger partial charge on any atom is 0.356 e. The van der Waals surface area contributed by atoms with Crippen LogP contribution in [0.4, 0.5) is 4.39 Å². The van der Waals surface area contributed by atoms with Gasteiger partial charge in [-0.25, -0.2) is 4.39 Å². The molecule has 4 nitrogen and oxygen atoms in total. The van der Waals surface area contributed by atoms with E-state index in [9.17, 15) is 18.7 Å². The quantitative estimate of drug-likeness (QED) is 0.510. The van der Waals surface area contributed by atoms with Crippen molar-refractivity contribution in [1.29, 1.82) is 0 Å². The molecule has 0 spiro atoms. The molecule has 3 rings (SSSR count). The Bertz CT molecular complexity index is 903. The van der Waals surface area contributed by atoms with Gasteiger partial charge in [0.2, 0.25) is 0 Å². The van der Waals surface area contributed by atoms with Gasteiger partial charge in [0.1, 0.15) is 17.3 Å². The van der Waals surface area contributed by atoms with Crippen molar-refractivity contribution in [3.63, 3.8) is 0 Å². The van der Waals surface area contributed by atoms with E-state index in [0.717, 1.165) is 31.2 Å². The molecule has 0 saturated heterocycles. The predicted molar refractivity (Wildman–Crippen MR) is 109 cm³/mol. The van der Waals surface area contributed by atoms with Crippen LogP contribution in [0.3, 0.4) is 0 Å². The predicted octanol–water partition coefficient (Wildman–Crippen LogP) is 5.50. The Morgan fingerprint density at radius 3 is 2.21 bits per heavy atom. The normalized spacial score (nSPS) is 20.0. The van der Waals surface area contributed by atoms with Crippen molar-refractivity contribution >= 4 is 12.9 Å². The Morgan fingerprint density at radius 1 is 1.11 bits per heavy atom. The Morgan fingerprint density at radius 2 is 1.71 bits per heavy atom. The van der Waals surface area contributed by atoms with Gasteiger partial charge in [-0.1, -0.05) is 12.1 Å². The minimum atomic E-state index is -4.33. The second-order valence-corrected chi connectivity index (χ2v) is 9.19. The molecule has 0 amide bonds. The first kappa shape index (κ1) is 20.8. The summed E-state index contributed by atoms with van der Waals surface area (Å²) in [4.78, 5) is 18.7. The van der Waals surface area contributed by atoms with Crippen LogP contribution >= 0.6 is 7.60 Å². The van der Waals surface area contributed by atoms with E-state index in [2.05, 4.69) is 6.58 Å². The Hall–Kier alpha value is -1.94. The summed E-state index contributed by atoms with van der Waals surface area (Å²) in [5.74, 6) is 1.33. The summed E-state index contributed by atoms with van der Waals surface area (Å²) in [7, 11) is -4.33. The number of rotatable bonds is 5. The topological polar surface area (TPSA) is 66.8 Å². The Balaban J connectivity index is 1.80. The number of hydrogen-bond acceptors (Lipinski definition) is 2. The molecule has 150 valence electrons. The summed E-state index contributed by atoms with van der Waals surface area (Å²) in [6.45, 7) is 7.28. The van der Waals surface area contributed by atoms with Gasteiger partial charge in [0.25, 0.3) is 0 Å². The zero-order valence-corrected chi connectivity index (χ0v) is 17.1. The Kier molecular flexibility index (Phi) is 6.09. The molecule has 28 heavy (non-hydrogen) atoms. The van der Waals surface area contributed by atoms with Crippen molar-refractivity contribution in [3.05, 3.63) is 65.5 Å². The maximum atomic E-state index is 14.7. The lowest BCUT2D eigenvalue weighted by Crippen LogP contribution is -2.12. The molecule has 1 saturated carbocycles. The van der Waals surface area contributed by atoms with E-state index in [-0.39, 0.29) is 17.0 Å². The van der Waals surface area contributed by atoms with Crippen molar-refractivity contribution in [1.82, 2.24) is 0 Å². The number of allylic oxidation sites excluding steroid dienone is 1. The van der Waals surface area contributed by atoms with Gasteiger partial charge in [-0.2, -0.15) is 0 Å². The molecule has 0 aromatic heterocycles. The molecule has 6 heteroatoms. The summed E-state index contributed by atoms with van der Waals surface area (Å²) in [6.07, 6.45) is 5.98. The lowest BCUT2D eigenvalue weighted by molar-refractivity contribution is 0.368. The van der Waals surface area contributed by atoms with Gasteiger partial charge >= 0.3 is 7.60 Å². The van der Waals surface area contributed by atoms with Crippen molar-refractivity contribution in [2.24, 2.45) is 5.92 Å². The van der Waals surface area contributed by atoms with Crippen molar-refractivity contribution in [2.45, 2.75) is 45.4 Å². The smallest absolute Gasteiger partial charge is 0.356 e. The average Bonchev–Trinajstić information content (AvgIpc) is 2.64. The van der Waals surface area contributed by atoms with Crippen LogP contribution < -0.4 is 10.0 Å². The molecule has 2 aromatic carbocycles. The molecular weight excluding hydrogens is 378 g/mol. The summed E-state index contributed by atoms with van der Waals surface area (Å²) >= 11 is 0. The lowest BCUT2D eigenvalue weighted by Gasteiger charge is -2.27.